The molecule has 9 rings (SSSR count). The molecule has 0 aliphatic rings. The molecule has 73 heavy (non-hydrogen) atoms. The molecule has 0 spiro atoms. The van der Waals surface area contributed by atoms with E-state index in [9.17, 15) is 6.48 Å². The van der Waals surface area contributed by atoms with Crippen LogP contribution in [-0.4, -0.2) is 19.6 Å². The van der Waals surface area contributed by atoms with Gasteiger partial charge in [0.1, 0.15) is 11.6 Å². The molecule has 0 atom stereocenters. The Morgan fingerprint density at radius 2 is 0.986 bits per heavy atom. The molecule has 0 fully saturated rings. The van der Waals surface area contributed by atoms with Gasteiger partial charge in [0.15, 0.2) is 0 Å². The maximum Gasteiger partial charge on any atom is 0.148 e. The van der Waals surface area contributed by atoms with Crippen molar-refractivity contribution in [2.45, 2.75) is 131 Å². The van der Waals surface area contributed by atoms with Gasteiger partial charge >= 0.3 is 0 Å². The Kier molecular flexibility index (Phi) is 13.4. The number of aromatic nitrogens is 3. The van der Waals surface area contributed by atoms with E-state index in [4.69, 9.17) is 11.3 Å². The van der Waals surface area contributed by atoms with Gasteiger partial charge in [0.2, 0.25) is 0 Å². The summed E-state index contributed by atoms with van der Waals surface area (Å²) in [7, 11) is 0. The molecular weight excluding hydrogens is 1070 g/mol. The van der Waals surface area contributed by atoms with Crippen LogP contribution in [0.4, 0.5) is 0 Å². The van der Waals surface area contributed by atoms with E-state index < -0.39 is 5.41 Å². The predicted octanol–water partition coefficient (Wildman–Crippen LogP) is 18.4. The van der Waals surface area contributed by atoms with Crippen molar-refractivity contribution >= 4 is 11.0 Å². The molecule has 4 nitrogen and oxygen atoms in total. The molecule has 0 radical (unpaired) electrons. The largest absolute Gasteiger partial charge is 0.507 e. The summed E-state index contributed by atoms with van der Waals surface area (Å²) in [5.41, 5.74) is 15.8. The number of hydrogen-bond acceptors (Lipinski definition) is 3. The second kappa shape index (κ2) is 19.5. The molecule has 0 aliphatic carbocycles. The molecule has 9 aromatic rings. The number of imidazole rings is 1. The van der Waals surface area contributed by atoms with E-state index in [0.29, 0.717) is 28.2 Å². The summed E-state index contributed by atoms with van der Waals surface area (Å²) >= 11 is 0. The summed E-state index contributed by atoms with van der Waals surface area (Å²) in [5.74, 6) is 0.826. The number of para-hydroxylation sites is 1. The standard InChI is InChI=1S/C68H72N3O.Pt/c1-64(2,3)49-31-29-43(30-32-49)46-33-34-69-58(38-46)48-35-47(36-50(37-48)65(4,5)6)53-27-22-28-59-60(53)70-63(56-41-52(67(10,11)12)42-57(62(56)72)68(13,14)15)71(59)61-54(44-23-18-16-19-24-44)39-51(66(7,8)9)40-55(61)45-25-20-17-21-26-45;/h16-34,36-42,72H,1-15H3;/q-1;/i33D,38D;. The summed E-state index contributed by atoms with van der Waals surface area (Å²) < 4.78 is 21.1. The number of fused-ring (bicyclic) bond motifs is 1. The monoisotopic (exact) mass is 1140 g/mol. The second-order valence-electron chi connectivity index (χ2n) is 24.8. The van der Waals surface area contributed by atoms with Gasteiger partial charge in [0.05, 0.1) is 25.0 Å². The first-order valence-corrected chi connectivity index (χ1v) is 25.5. The minimum atomic E-state index is -0.391. The van der Waals surface area contributed by atoms with E-state index >= 15 is 0 Å². The van der Waals surface area contributed by atoms with Crippen LogP contribution < -0.4 is 0 Å². The van der Waals surface area contributed by atoms with Gasteiger partial charge in [-0.2, -0.15) is 0 Å². The number of aromatic hydroxyl groups is 1. The number of hydrogen-bond donors (Lipinski definition) is 1. The van der Waals surface area contributed by atoms with Gasteiger partial charge in [-0.15, -0.1) is 29.3 Å². The zero-order chi connectivity index (χ0) is 53.4. The third-order valence-electron chi connectivity index (χ3n) is 14.0. The van der Waals surface area contributed by atoms with Crippen molar-refractivity contribution < 1.29 is 28.9 Å². The van der Waals surface area contributed by atoms with Crippen molar-refractivity contribution in [1.29, 1.82) is 0 Å². The van der Waals surface area contributed by atoms with Crippen molar-refractivity contribution in [3.8, 4) is 78.6 Å². The molecule has 2 aromatic heterocycles. The SMILES string of the molecule is [2H]c1cnc(-c2[c-]c(-c3cccc4c3nc(-c3cc(C(C)(C)C)cc(C(C)(C)C)c3O)n4-c3c(-c4ccccc4)cc(C(C)(C)C)cc3-c3ccccc3)cc(C(C)(C)C)c2)c([2H])c1-c1ccc(C(C)(C)C)cc1.[Pt]. The Morgan fingerprint density at radius 1 is 0.479 bits per heavy atom. The number of phenolic OH excluding ortho intramolecular Hbond substituents is 1. The number of pyridine rings is 1. The summed E-state index contributed by atoms with van der Waals surface area (Å²) in [6, 6.07) is 53.3. The van der Waals surface area contributed by atoms with E-state index in [-0.39, 0.29) is 60.6 Å². The smallest absolute Gasteiger partial charge is 0.148 e. The molecule has 0 unspecified atom stereocenters. The van der Waals surface area contributed by atoms with Crippen LogP contribution in [0.1, 0.15) is 134 Å². The van der Waals surface area contributed by atoms with Crippen LogP contribution in [0.25, 0.3) is 83.9 Å². The quantitative estimate of drug-likeness (QED) is 0.162. The predicted molar refractivity (Wildman–Crippen MR) is 305 cm³/mol. The first-order valence-electron chi connectivity index (χ1n) is 26.5. The van der Waals surface area contributed by atoms with Gasteiger partial charge < -0.3 is 5.11 Å². The number of rotatable bonds is 7. The molecule has 1 N–H and O–H groups in total. The first kappa shape index (κ1) is 50.2. The fourth-order valence-corrected chi connectivity index (χ4v) is 9.57. The van der Waals surface area contributed by atoms with Gasteiger partial charge in [-0.25, -0.2) is 4.98 Å². The first-order chi connectivity index (χ1) is 34.6. The topological polar surface area (TPSA) is 50.9 Å². The van der Waals surface area contributed by atoms with Crippen LogP contribution in [0.15, 0.2) is 158 Å². The molecule has 2 heterocycles. The zero-order valence-corrected chi connectivity index (χ0v) is 47.7. The van der Waals surface area contributed by atoms with Crippen molar-refractivity contribution in [3.63, 3.8) is 0 Å². The minimum absolute atomic E-state index is 0. The Balaban J connectivity index is 0.00000747. The van der Waals surface area contributed by atoms with E-state index in [0.717, 1.165) is 72.4 Å². The molecule has 376 valence electrons. The minimum Gasteiger partial charge on any atom is -0.507 e. The average molecular weight is 1140 g/mol. The number of phenols is 1. The molecule has 5 heteroatoms. The normalized spacial score (nSPS) is 12.9. The van der Waals surface area contributed by atoms with Crippen molar-refractivity contribution in [2.24, 2.45) is 0 Å². The molecule has 0 saturated carbocycles. The van der Waals surface area contributed by atoms with Crippen molar-refractivity contribution in [3.05, 3.63) is 192 Å². The molecule has 0 aliphatic heterocycles. The summed E-state index contributed by atoms with van der Waals surface area (Å²) in [6.07, 6.45) is 1.57. The van der Waals surface area contributed by atoms with Crippen LogP contribution in [-0.2, 0) is 48.1 Å². The fraction of sp³-hybridized carbons (Fsp3) is 0.294. The van der Waals surface area contributed by atoms with Crippen LogP contribution in [0.3, 0.4) is 0 Å². The van der Waals surface area contributed by atoms with Crippen molar-refractivity contribution in [1.82, 2.24) is 14.5 Å². The van der Waals surface area contributed by atoms with E-state index in [1.165, 1.54) is 11.1 Å². The molecule has 7 aromatic carbocycles. The van der Waals surface area contributed by atoms with E-state index in [1.807, 2.05) is 12.1 Å². The van der Waals surface area contributed by atoms with Crippen LogP contribution in [0, 0.1) is 6.07 Å². The fourth-order valence-electron chi connectivity index (χ4n) is 9.57. The van der Waals surface area contributed by atoms with Gasteiger partial charge in [-0.3, -0.25) is 9.55 Å². The molecule has 0 amide bonds. The van der Waals surface area contributed by atoms with Gasteiger partial charge in [-0.1, -0.05) is 224 Å². The molecular formula is C68H72N3OPt-. The summed E-state index contributed by atoms with van der Waals surface area (Å²) in [5, 5.41) is 12.9. The maximum atomic E-state index is 12.9. The Hall–Kier alpha value is -6.35. The summed E-state index contributed by atoms with van der Waals surface area (Å²) in [6.45, 7) is 33.1. The summed E-state index contributed by atoms with van der Waals surface area (Å²) in [4.78, 5) is 10.6. The zero-order valence-electron chi connectivity index (χ0n) is 47.5. The molecule has 0 bridgehead atoms. The van der Waals surface area contributed by atoms with Gasteiger partial charge in [-0.05, 0) is 96.3 Å². The third-order valence-corrected chi connectivity index (χ3v) is 14.0. The van der Waals surface area contributed by atoms with Crippen LogP contribution in [0.2, 0.25) is 0 Å². The van der Waals surface area contributed by atoms with Gasteiger partial charge in [0.25, 0.3) is 0 Å². The van der Waals surface area contributed by atoms with Crippen molar-refractivity contribution in [2.75, 3.05) is 0 Å². The van der Waals surface area contributed by atoms with Crippen LogP contribution >= 0.6 is 0 Å². The van der Waals surface area contributed by atoms with E-state index in [1.54, 1.807) is 6.20 Å². The Labute approximate surface area is 453 Å². The number of benzene rings is 7. The number of nitrogens with zero attached hydrogens (tertiary/aromatic N) is 3. The second-order valence-corrected chi connectivity index (χ2v) is 24.8. The van der Waals surface area contributed by atoms with Crippen LogP contribution in [0.5, 0.6) is 5.75 Å². The third kappa shape index (κ3) is 10.7. The van der Waals surface area contributed by atoms with Gasteiger partial charge in [0, 0.05) is 49.6 Å². The van der Waals surface area contributed by atoms with E-state index in [2.05, 4.69) is 242 Å². The Bertz CT molecular complexity index is 3520. The maximum absolute atomic E-state index is 12.9. The Morgan fingerprint density at radius 3 is 1.52 bits per heavy atom. The average Bonchev–Trinajstić information content (AvgIpc) is 3.72. The molecule has 0 saturated heterocycles.